The summed E-state index contributed by atoms with van der Waals surface area (Å²) in [6, 6.07) is 19.5. The maximum Gasteiger partial charge on any atom is 0.262 e. The molecule has 0 aliphatic rings. The molecule has 6 nitrogen and oxygen atoms in total. The van der Waals surface area contributed by atoms with Crippen LogP contribution in [-0.2, 0) is 0 Å². The molecule has 2 heterocycles. The Kier molecular flexibility index (Phi) is 5.50. The number of hydrogen-bond donors (Lipinski definition) is 1. The zero-order valence-electron chi connectivity index (χ0n) is 16.3. The number of halogens is 1. The first-order valence-electron chi connectivity index (χ1n) is 9.19. The minimum atomic E-state index is -0.389. The van der Waals surface area contributed by atoms with E-state index in [1.807, 2.05) is 31.2 Å². The summed E-state index contributed by atoms with van der Waals surface area (Å²) in [5, 5.41) is 4.03. The lowest BCUT2D eigenvalue weighted by Crippen LogP contribution is -2.22. The highest BCUT2D eigenvalue weighted by atomic mass is 35.5. The molecule has 0 radical (unpaired) electrons. The molecule has 2 aromatic heterocycles. The van der Waals surface area contributed by atoms with Crippen LogP contribution in [0.2, 0.25) is 5.02 Å². The van der Waals surface area contributed by atoms with Crippen molar-refractivity contribution < 1.29 is 13.9 Å². The minimum absolute atomic E-state index is 0.170. The van der Waals surface area contributed by atoms with E-state index in [2.05, 4.69) is 15.3 Å². The quantitative estimate of drug-likeness (QED) is 0.488. The third kappa shape index (κ3) is 4.34. The van der Waals surface area contributed by atoms with E-state index in [1.54, 1.807) is 49.6 Å². The number of nitrogens with zero attached hydrogens (tertiary/aromatic N) is 2. The number of aromatic nitrogens is 1. The van der Waals surface area contributed by atoms with Gasteiger partial charge in [-0.25, -0.2) is 9.98 Å². The number of carbonyl (C=O) groups excluding carboxylic acids is 1. The van der Waals surface area contributed by atoms with Gasteiger partial charge < -0.3 is 14.5 Å². The van der Waals surface area contributed by atoms with Crippen LogP contribution in [0.5, 0.6) is 5.75 Å². The van der Waals surface area contributed by atoms with Crippen molar-refractivity contribution in [2.45, 2.75) is 6.92 Å². The third-order valence-corrected chi connectivity index (χ3v) is 4.60. The van der Waals surface area contributed by atoms with Gasteiger partial charge in [0.1, 0.15) is 22.7 Å². The molecule has 0 saturated carbocycles. The van der Waals surface area contributed by atoms with Crippen LogP contribution in [-0.4, -0.2) is 18.0 Å². The van der Waals surface area contributed by atoms with Crippen LogP contribution in [0, 0.1) is 6.92 Å². The number of benzene rings is 2. The highest BCUT2D eigenvalue weighted by Gasteiger charge is 2.14. The average molecular weight is 420 g/mol. The van der Waals surface area contributed by atoms with Crippen LogP contribution in [0.1, 0.15) is 16.1 Å². The van der Waals surface area contributed by atoms with E-state index >= 15 is 0 Å². The van der Waals surface area contributed by atoms with Gasteiger partial charge in [0, 0.05) is 22.2 Å². The molecule has 0 aliphatic carbocycles. The predicted octanol–water partition coefficient (Wildman–Crippen LogP) is 5.28. The molecule has 0 spiro atoms. The van der Waals surface area contributed by atoms with Crippen molar-refractivity contribution in [3.8, 4) is 5.75 Å². The minimum Gasteiger partial charge on any atom is -0.497 e. The number of methoxy groups -OCH3 is 1. The fourth-order valence-electron chi connectivity index (χ4n) is 2.94. The monoisotopic (exact) mass is 419 g/mol. The van der Waals surface area contributed by atoms with Gasteiger partial charge in [-0.1, -0.05) is 23.7 Å². The van der Waals surface area contributed by atoms with Gasteiger partial charge in [-0.2, -0.15) is 0 Å². The lowest BCUT2D eigenvalue weighted by molar-refractivity contribution is 0.102. The summed E-state index contributed by atoms with van der Waals surface area (Å²) in [5.41, 5.74) is 2.38. The van der Waals surface area contributed by atoms with E-state index in [0.29, 0.717) is 33.2 Å². The fourth-order valence-corrected chi connectivity index (χ4v) is 3.12. The Morgan fingerprint density at radius 2 is 1.93 bits per heavy atom. The van der Waals surface area contributed by atoms with Gasteiger partial charge in [0.25, 0.3) is 5.91 Å². The highest BCUT2D eigenvalue weighted by Crippen LogP contribution is 2.22. The summed E-state index contributed by atoms with van der Waals surface area (Å²) in [4.78, 5) is 21.9. The van der Waals surface area contributed by atoms with E-state index in [4.69, 9.17) is 20.8 Å². The second-order valence-electron chi connectivity index (χ2n) is 6.58. The van der Waals surface area contributed by atoms with Crippen LogP contribution in [0.4, 0.5) is 11.5 Å². The van der Waals surface area contributed by atoms with Crippen molar-refractivity contribution in [2.75, 3.05) is 12.4 Å². The van der Waals surface area contributed by atoms with Gasteiger partial charge in [0.05, 0.1) is 12.8 Å². The standard InChI is InChI=1S/C23H18ClN3O3/c1-14-5-3-8-21(25-14)27-22(28)19-12-15-11-16(24)9-10-20(15)30-23(19)26-17-6-4-7-18(13-17)29-2/h3-13H,1-2H3,(H,25,27,28). The first-order chi connectivity index (χ1) is 14.5. The van der Waals surface area contributed by atoms with Gasteiger partial charge in [-0.15, -0.1) is 0 Å². The van der Waals surface area contributed by atoms with Crippen LogP contribution in [0.25, 0.3) is 11.0 Å². The fraction of sp³-hybridized carbons (Fsp3) is 0.0870. The number of rotatable bonds is 4. The van der Waals surface area contributed by atoms with Crippen molar-refractivity contribution in [2.24, 2.45) is 4.99 Å². The SMILES string of the molecule is COc1cccc(N=c2oc3ccc(Cl)cc3cc2C(=O)Nc2cccc(C)n2)c1. The van der Waals surface area contributed by atoms with Gasteiger partial charge in [-0.05, 0) is 55.5 Å². The molecule has 4 rings (SSSR count). The summed E-state index contributed by atoms with van der Waals surface area (Å²) in [6.07, 6.45) is 0. The molecule has 1 amide bonds. The number of carbonyl (C=O) groups is 1. The number of nitrogens with one attached hydrogen (secondary N) is 1. The molecule has 0 saturated heterocycles. The molecule has 150 valence electrons. The molecule has 0 atom stereocenters. The molecule has 0 unspecified atom stereocenters. The van der Waals surface area contributed by atoms with Gasteiger partial charge in [0.15, 0.2) is 0 Å². The lowest BCUT2D eigenvalue weighted by Gasteiger charge is -2.07. The first kappa shape index (κ1) is 19.7. The first-order valence-corrected chi connectivity index (χ1v) is 9.57. The smallest absolute Gasteiger partial charge is 0.262 e. The largest absolute Gasteiger partial charge is 0.497 e. The van der Waals surface area contributed by atoms with Gasteiger partial charge in [0.2, 0.25) is 5.55 Å². The zero-order chi connectivity index (χ0) is 21.1. The van der Waals surface area contributed by atoms with Crippen LogP contribution in [0.3, 0.4) is 0 Å². The van der Waals surface area contributed by atoms with E-state index in [-0.39, 0.29) is 17.0 Å². The van der Waals surface area contributed by atoms with Crippen molar-refractivity contribution in [3.05, 3.63) is 88.6 Å². The summed E-state index contributed by atoms with van der Waals surface area (Å²) >= 11 is 6.11. The molecule has 0 fully saturated rings. The van der Waals surface area contributed by atoms with Crippen molar-refractivity contribution in [1.82, 2.24) is 4.98 Å². The second kappa shape index (κ2) is 8.39. The van der Waals surface area contributed by atoms with E-state index < -0.39 is 0 Å². The van der Waals surface area contributed by atoms with E-state index in [1.165, 1.54) is 0 Å². The Morgan fingerprint density at radius 1 is 1.10 bits per heavy atom. The van der Waals surface area contributed by atoms with Crippen LogP contribution >= 0.6 is 11.6 Å². The Hall–Kier alpha value is -3.64. The lowest BCUT2D eigenvalue weighted by atomic mass is 10.1. The maximum atomic E-state index is 13.1. The number of fused-ring (bicyclic) bond motifs is 1. The number of anilines is 1. The Balaban J connectivity index is 1.85. The average Bonchev–Trinajstić information content (AvgIpc) is 2.73. The molecular weight excluding hydrogens is 402 g/mol. The molecule has 0 aliphatic heterocycles. The number of ether oxygens (including phenoxy) is 1. The molecule has 4 aromatic rings. The molecule has 30 heavy (non-hydrogen) atoms. The molecule has 0 bridgehead atoms. The Labute approximate surface area is 177 Å². The summed E-state index contributed by atoms with van der Waals surface area (Å²) in [5.74, 6) is 0.706. The molecule has 1 N–H and O–H groups in total. The normalized spacial score (nSPS) is 11.5. The summed E-state index contributed by atoms with van der Waals surface area (Å²) in [7, 11) is 1.58. The highest BCUT2D eigenvalue weighted by molar-refractivity contribution is 6.31. The summed E-state index contributed by atoms with van der Waals surface area (Å²) < 4.78 is 11.2. The zero-order valence-corrected chi connectivity index (χ0v) is 17.1. The predicted molar refractivity (Wildman–Crippen MR) is 116 cm³/mol. The number of amides is 1. The molecular formula is C23H18ClN3O3. The van der Waals surface area contributed by atoms with Crippen molar-refractivity contribution in [3.63, 3.8) is 0 Å². The van der Waals surface area contributed by atoms with E-state index in [9.17, 15) is 4.79 Å². The maximum absolute atomic E-state index is 13.1. The molecule has 7 heteroatoms. The number of hydrogen-bond acceptors (Lipinski definition) is 5. The van der Waals surface area contributed by atoms with Gasteiger partial charge in [-0.3, -0.25) is 4.79 Å². The Bertz CT molecular complexity index is 1310. The Morgan fingerprint density at radius 3 is 2.73 bits per heavy atom. The number of aryl methyl sites for hydroxylation is 1. The topological polar surface area (TPSA) is 76.7 Å². The van der Waals surface area contributed by atoms with E-state index in [0.717, 1.165) is 5.69 Å². The van der Waals surface area contributed by atoms with Crippen LogP contribution in [0.15, 0.2) is 76.1 Å². The second-order valence-corrected chi connectivity index (χ2v) is 7.02. The van der Waals surface area contributed by atoms with Crippen molar-refractivity contribution in [1.29, 1.82) is 0 Å². The third-order valence-electron chi connectivity index (χ3n) is 4.37. The van der Waals surface area contributed by atoms with Gasteiger partial charge >= 0.3 is 0 Å². The van der Waals surface area contributed by atoms with Crippen molar-refractivity contribution >= 4 is 40.0 Å². The summed E-state index contributed by atoms with van der Waals surface area (Å²) in [6.45, 7) is 1.85. The molecule has 2 aromatic carbocycles. The van der Waals surface area contributed by atoms with Crippen LogP contribution < -0.4 is 15.6 Å². The number of pyridine rings is 1.